The molecule has 1 aromatic carbocycles. The van der Waals surface area contributed by atoms with Gasteiger partial charge in [-0.15, -0.1) is 0 Å². The van der Waals surface area contributed by atoms with E-state index in [2.05, 4.69) is 4.98 Å². The number of rotatable bonds is 2. The molecule has 0 bridgehead atoms. The minimum atomic E-state index is -0.580. The predicted molar refractivity (Wildman–Crippen MR) is 75.9 cm³/mol. The van der Waals surface area contributed by atoms with Crippen LogP contribution >= 0.6 is 0 Å². The van der Waals surface area contributed by atoms with Crippen molar-refractivity contribution in [3.8, 4) is 5.75 Å². The average Bonchev–Trinajstić information content (AvgIpc) is 2.48. The van der Waals surface area contributed by atoms with Crippen molar-refractivity contribution in [2.45, 2.75) is 38.0 Å². The molecule has 2 aromatic rings. The number of hydrogen-bond acceptors (Lipinski definition) is 4. The Bertz CT molecular complexity index is 663. The Hall–Kier alpha value is -2.17. The number of nitrogens with zero attached hydrogens (tertiary/aromatic N) is 2. The van der Waals surface area contributed by atoms with Gasteiger partial charge in [-0.05, 0) is 36.5 Å². The quantitative estimate of drug-likeness (QED) is 0.664. The summed E-state index contributed by atoms with van der Waals surface area (Å²) >= 11 is 0. The molecule has 20 heavy (non-hydrogen) atoms. The van der Waals surface area contributed by atoms with Crippen LogP contribution in [0.2, 0.25) is 0 Å². The molecule has 104 valence electrons. The van der Waals surface area contributed by atoms with E-state index in [1.807, 2.05) is 6.07 Å². The molecule has 0 atom stereocenters. The van der Waals surface area contributed by atoms with Crippen molar-refractivity contribution < 1.29 is 10.0 Å². The lowest BCUT2D eigenvalue weighted by Crippen LogP contribution is -2.05. The van der Waals surface area contributed by atoms with E-state index in [-0.39, 0.29) is 11.4 Å². The second-order valence-corrected chi connectivity index (χ2v) is 5.32. The molecule has 5 heteroatoms. The first-order valence-corrected chi connectivity index (χ1v) is 6.93. The molecule has 1 saturated carbocycles. The van der Waals surface area contributed by atoms with Crippen molar-refractivity contribution in [3.63, 3.8) is 0 Å². The summed E-state index contributed by atoms with van der Waals surface area (Å²) < 4.78 is 0. The second-order valence-electron chi connectivity index (χ2n) is 5.32. The first-order valence-electron chi connectivity index (χ1n) is 6.93. The number of nitro groups is 1. The van der Waals surface area contributed by atoms with E-state index in [1.54, 1.807) is 12.3 Å². The fourth-order valence-corrected chi connectivity index (χ4v) is 3.13. The maximum atomic E-state index is 10.9. The number of nitro benzene ring substituents is 1. The molecule has 0 unspecified atom stereocenters. The fraction of sp³-hybridized carbons (Fsp3) is 0.400. The molecular weight excluding hydrogens is 256 g/mol. The summed E-state index contributed by atoms with van der Waals surface area (Å²) in [4.78, 5) is 14.4. The minimum Gasteiger partial charge on any atom is -0.501 e. The first kappa shape index (κ1) is 12.8. The van der Waals surface area contributed by atoms with Crippen LogP contribution in [0.4, 0.5) is 5.69 Å². The molecule has 0 radical (unpaired) electrons. The Morgan fingerprint density at radius 3 is 2.65 bits per heavy atom. The van der Waals surface area contributed by atoms with Crippen molar-refractivity contribution in [1.29, 1.82) is 0 Å². The maximum absolute atomic E-state index is 10.9. The summed E-state index contributed by atoms with van der Waals surface area (Å²) in [6, 6.07) is 5.05. The van der Waals surface area contributed by atoms with E-state index >= 15 is 0 Å². The molecule has 0 amide bonds. The largest absolute Gasteiger partial charge is 0.501 e. The van der Waals surface area contributed by atoms with Crippen LogP contribution in [0.15, 0.2) is 24.4 Å². The van der Waals surface area contributed by atoms with Crippen molar-refractivity contribution in [2.75, 3.05) is 0 Å². The van der Waals surface area contributed by atoms with Gasteiger partial charge in [0.2, 0.25) is 5.75 Å². The molecule has 0 saturated heterocycles. The third kappa shape index (κ3) is 2.09. The summed E-state index contributed by atoms with van der Waals surface area (Å²) in [5.74, 6) is 0.139. The van der Waals surface area contributed by atoms with Gasteiger partial charge in [0.1, 0.15) is 5.52 Å². The van der Waals surface area contributed by atoms with Gasteiger partial charge < -0.3 is 5.11 Å². The third-order valence-corrected chi connectivity index (χ3v) is 4.14. The van der Waals surface area contributed by atoms with Crippen molar-refractivity contribution in [3.05, 3.63) is 40.1 Å². The van der Waals surface area contributed by atoms with Crippen LogP contribution in [0.1, 0.15) is 43.6 Å². The van der Waals surface area contributed by atoms with Crippen molar-refractivity contribution >= 4 is 16.6 Å². The SMILES string of the molecule is O=[N+]([O-])c1ccc2c(C3CCCCC3)ccnc2c1O. The molecule has 3 rings (SSSR count). The van der Waals surface area contributed by atoms with Crippen LogP contribution < -0.4 is 0 Å². The molecule has 1 aliphatic carbocycles. The Balaban J connectivity index is 2.15. The lowest BCUT2D eigenvalue weighted by molar-refractivity contribution is -0.385. The maximum Gasteiger partial charge on any atom is 0.313 e. The van der Waals surface area contributed by atoms with Gasteiger partial charge in [-0.2, -0.15) is 0 Å². The van der Waals surface area contributed by atoms with Crippen LogP contribution in [-0.4, -0.2) is 15.0 Å². The van der Waals surface area contributed by atoms with Crippen LogP contribution in [0.3, 0.4) is 0 Å². The first-order chi connectivity index (χ1) is 9.68. The molecule has 0 aliphatic heterocycles. The average molecular weight is 272 g/mol. The van der Waals surface area contributed by atoms with E-state index in [0.29, 0.717) is 11.4 Å². The van der Waals surface area contributed by atoms with Gasteiger partial charge in [-0.25, -0.2) is 0 Å². The number of hydrogen-bond donors (Lipinski definition) is 1. The lowest BCUT2D eigenvalue weighted by atomic mass is 9.83. The minimum absolute atomic E-state index is 0.286. The van der Waals surface area contributed by atoms with E-state index in [1.165, 1.54) is 25.3 Å². The molecule has 1 fully saturated rings. The molecule has 1 aromatic heterocycles. The Morgan fingerprint density at radius 1 is 1.20 bits per heavy atom. The monoisotopic (exact) mass is 272 g/mol. The molecule has 1 N–H and O–H groups in total. The zero-order chi connectivity index (χ0) is 14.1. The van der Waals surface area contributed by atoms with Gasteiger partial charge in [0, 0.05) is 17.6 Å². The highest BCUT2D eigenvalue weighted by atomic mass is 16.6. The number of pyridine rings is 1. The number of phenolic OH excluding ortho intramolecular Hbond substituents is 1. The molecule has 1 aliphatic rings. The van der Waals surface area contributed by atoms with Gasteiger partial charge in [0.05, 0.1) is 4.92 Å². The van der Waals surface area contributed by atoms with E-state index in [0.717, 1.165) is 23.8 Å². The summed E-state index contributed by atoms with van der Waals surface area (Å²) in [6.07, 6.45) is 7.61. The van der Waals surface area contributed by atoms with Crippen LogP contribution in [0, 0.1) is 10.1 Å². The highest BCUT2D eigenvalue weighted by Gasteiger charge is 2.22. The normalized spacial score (nSPS) is 16.4. The molecular formula is C15H16N2O3. The van der Waals surface area contributed by atoms with Gasteiger partial charge in [0.25, 0.3) is 0 Å². The van der Waals surface area contributed by atoms with Crippen LogP contribution in [0.5, 0.6) is 5.75 Å². The zero-order valence-corrected chi connectivity index (χ0v) is 11.1. The van der Waals surface area contributed by atoms with E-state index in [9.17, 15) is 15.2 Å². The topological polar surface area (TPSA) is 76.3 Å². The fourth-order valence-electron chi connectivity index (χ4n) is 3.13. The van der Waals surface area contributed by atoms with Gasteiger partial charge in [0.15, 0.2) is 0 Å². The number of phenols is 1. The second kappa shape index (κ2) is 5.07. The molecule has 1 heterocycles. The summed E-state index contributed by atoms with van der Waals surface area (Å²) in [7, 11) is 0. The summed E-state index contributed by atoms with van der Waals surface area (Å²) in [6.45, 7) is 0. The van der Waals surface area contributed by atoms with Crippen molar-refractivity contribution in [1.82, 2.24) is 4.98 Å². The smallest absolute Gasteiger partial charge is 0.313 e. The Kier molecular flexibility index (Phi) is 3.26. The summed E-state index contributed by atoms with van der Waals surface area (Å²) in [5.41, 5.74) is 1.20. The molecule has 5 nitrogen and oxygen atoms in total. The summed E-state index contributed by atoms with van der Waals surface area (Å²) in [5, 5.41) is 21.7. The third-order valence-electron chi connectivity index (χ3n) is 4.14. The zero-order valence-electron chi connectivity index (χ0n) is 11.1. The van der Waals surface area contributed by atoms with E-state index < -0.39 is 4.92 Å². The van der Waals surface area contributed by atoms with Crippen LogP contribution in [-0.2, 0) is 0 Å². The van der Waals surface area contributed by atoms with Gasteiger partial charge in [-0.3, -0.25) is 15.1 Å². The van der Waals surface area contributed by atoms with E-state index in [4.69, 9.17) is 0 Å². The highest BCUT2D eigenvalue weighted by Crippen LogP contribution is 2.39. The lowest BCUT2D eigenvalue weighted by Gasteiger charge is -2.23. The van der Waals surface area contributed by atoms with Crippen molar-refractivity contribution in [2.24, 2.45) is 0 Å². The van der Waals surface area contributed by atoms with Gasteiger partial charge >= 0.3 is 5.69 Å². The van der Waals surface area contributed by atoms with Gasteiger partial charge in [-0.1, -0.05) is 19.3 Å². The molecule has 0 spiro atoms. The highest BCUT2D eigenvalue weighted by molar-refractivity contribution is 5.90. The Labute approximate surface area is 116 Å². The standard InChI is InChI=1S/C15H16N2O3/c18-15-13(17(19)20)7-6-12-11(8-9-16-14(12)15)10-4-2-1-3-5-10/h6-10,18H,1-5H2. The number of aromatic hydroxyl groups is 1. The van der Waals surface area contributed by atoms with Crippen LogP contribution in [0.25, 0.3) is 10.9 Å². The number of benzene rings is 1. The predicted octanol–water partition coefficient (Wildman–Crippen LogP) is 3.90. The number of aromatic nitrogens is 1. The Morgan fingerprint density at radius 2 is 1.95 bits per heavy atom. The number of fused-ring (bicyclic) bond motifs is 1.